The van der Waals surface area contributed by atoms with Crippen LogP contribution in [0.3, 0.4) is 0 Å². The van der Waals surface area contributed by atoms with Gasteiger partial charge in [0, 0.05) is 35.2 Å². The lowest BCUT2D eigenvalue weighted by molar-refractivity contribution is 0.0952. The van der Waals surface area contributed by atoms with E-state index >= 15 is 0 Å². The van der Waals surface area contributed by atoms with E-state index in [0.29, 0.717) is 17.7 Å². The van der Waals surface area contributed by atoms with Crippen molar-refractivity contribution in [1.82, 2.24) is 10.3 Å². The van der Waals surface area contributed by atoms with Gasteiger partial charge in [-0.15, -0.1) is 0 Å². The summed E-state index contributed by atoms with van der Waals surface area (Å²) in [6.07, 6.45) is 2.08. The zero-order valence-corrected chi connectivity index (χ0v) is 18.3. The summed E-state index contributed by atoms with van der Waals surface area (Å²) in [5, 5.41) is 2.79. The third-order valence-corrected chi connectivity index (χ3v) is 6.79. The van der Waals surface area contributed by atoms with Crippen LogP contribution in [-0.4, -0.2) is 32.9 Å². The fourth-order valence-corrected chi connectivity index (χ4v) is 4.30. The van der Waals surface area contributed by atoms with E-state index < -0.39 is 21.4 Å². The number of pyridine rings is 1. The van der Waals surface area contributed by atoms with E-state index in [1.165, 1.54) is 31.4 Å². The van der Waals surface area contributed by atoms with Gasteiger partial charge in [0.05, 0.1) is 10.6 Å². The molecule has 3 rings (SSSR count). The van der Waals surface area contributed by atoms with Gasteiger partial charge in [-0.2, -0.15) is 0 Å². The van der Waals surface area contributed by atoms with Crippen LogP contribution in [0.4, 0.5) is 5.69 Å². The van der Waals surface area contributed by atoms with E-state index in [4.69, 9.17) is 0 Å². The minimum atomic E-state index is -3.90. The Morgan fingerprint density at radius 3 is 2.52 bits per heavy atom. The van der Waals surface area contributed by atoms with Crippen molar-refractivity contribution in [2.75, 3.05) is 17.9 Å². The van der Waals surface area contributed by atoms with Gasteiger partial charge in [0.25, 0.3) is 15.9 Å². The summed E-state index contributed by atoms with van der Waals surface area (Å²) in [7, 11) is -2.45. The summed E-state index contributed by atoms with van der Waals surface area (Å²) in [6.45, 7) is 2.35. The monoisotopic (exact) mass is 477 g/mol. The Hall–Kier alpha value is -2.65. The number of aromatic amines is 1. The normalized spacial score (nSPS) is 11.4. The van der Waals surface area contributed by atoms with E-state index in [9.17, 15) is 18.0 Å². The molecule has 0 unspecified atom stereocenters. The van der Waals surface area contributed by atoms with Crippen molar-refractivity contribution in [1.29, 1.82) is 0 Å². The minimum absolute atomic E-state index is 0.0352. The first-order valence-corrected chi connectivity index (χ1v) is 11.2. The van der Waals surface area contributed by atoms with Crippen molar-refractivity contribution >= 4 is 48.5 Å². The molecule has 0 bridgehead atoms. The van der Waals surface area contributed by atoms with E-state index in [1.807, 2.05) is 6.92 Å². The Labute approximate surface area is 176 Å². The van der Waals surface area contributed by atoms with Gasteiger partial charge in [0.2, 0.25) is 5.43 Å². The smallest absolute Gasteiger partial charge is 0.264 e. The van der Waals surface area contributed by atoms with Crippen molar-refractivity contribution in [3.8, 4) is 0 Å². The average Bonchev–Trinajstić information content (AvgIpc) is 2.72. The molecule has 0 saturated heterocycles. The predicted octanol–water partition coefficient (Wildman–Crippen LogP) is 3.26. The number of hydrogen-bond donors (Lipinski definition) is 2. The highest BCUT2D eigenvalue weighted by molar-refractivity contribution is 9.10. The number of fused-ring (bicyclic) bond motifs is 1. The lowest BCUT2D eigenvalue weighted by Crippen LogP contribution is -2.29. The van der Waals surface area contributed by atoms with Gasteiger partial charge in [-0.25, -0.2) is 8.42 Å². The second-order valence-electron chi connectivity index (χ2n) is 6.44. The zero-order valence-electron chi connectivity index (χ0n) is 15.9. The molecule has 0 radical (unpaired) electrons. The minimum Gasteiger partial charge on any atom is -0.360 e. The molecule has 3 aromatic rings. The number of benzene rings is 2. The summed E-state index contributed by atoms with van der Waals surface area (Å²) >= 11 is 3.32. The highest BCUT2D eigenvalue weighted by Crippen LogP contribution is 2.25. The van der Waals surface area contributed by atoms with Crippen LogP contribution in [0.15, 0.2) is 62.8 Å². The second kappa shape index (κ2) is 8.38. The average molecular weight is 478 g/mol. The van der Waals surface area contributed by atoms with Crippen LogP contribution in [-0.2, 0) is 10.0 Å². The van der Waals surface area contributed by atoms with Gasteiger partial charge in [-0.05, 0) is 48.9 Å². The number of carbonyl (C=O) groups excluding carboxylic acids is 1. The molecule has 2 N–H and O–H groups in total. The number of aromatic nitrogens is 1. The molecule has 9 heteroatoms. The molecular weight excluding hydrogens is 458 g/mol. The third kappa shape index (κ3) is 4.20. The molecular formula is C20H20BrN3O4S. The van der Waals surface area contributed by atoms with E-state index in [1.54, 1.807) is 24.3 Å². The highest BCUT2D eigenvalue weighted by atomic mass is 79.9. The van der Waals surface area contributed by atoms with E-state index in [-0.39, 0.29) is 15.8 Å². The quantitative estimate of drug-likeness (QED) is 0.568. The molecule has 0 saturated carbocycles. The van der Waals surface area contributed by atoms with Crippen LogP contribution >= 0.6 is 15.9 Å². The number of H-pyrrole nitrogens is 1. The van der Waals surface area contributed by atoms with Crippen LogP contribution in [0.5, 0.6) is 0 Å². The van der Waals surface area contributed by atoms with Crippen molar-refractivity contribution < 1.29 is 13.2 Å². The van der Waals surface area contributed by atoms with Crippen molar-refractivity contribution in [3.63, 3.8) is 0 Å². The first-order valence-electron chi connectivity index (χ1n) is 8.94. The van der Waals surface area contributed by atoms with Crippen LogP contribution in [0.25, 0.3) is 10.9 Å². The number of halogens is 1. The summed E-state index contributed by atoms with van der Waals surface area (Å²) in [6, 6.07) is 11.1. The van der Waals surface area contributed by atoms with E-state index in [2.05, 4.69) is 26.2 Å². The highest BCUT2D eigenvalue weighted by Gasteiger charge is 2.23. The number of nitrogens with zero attached hydrogens (tertiary/aromatic N) is 1. The summed E-state index contributed by atoms with van der Waals surface area (Å²) in [5.41, 5.74) is 0.361. The van der Waals surface area contributed by atoms with E-state index in [0.717, 1.165) is 15.2 Å². The van der Waals surface area contributed by atoms with Crippen LogP contribution in [0.1, 0.15) is 23.7 Å². The maximum atomic E-state index is 13.1. The Kier molecular flexibility index (Phi) is 6.09. The van der Waals surface area contributed by atoms with Crippen LogP contribution in [0.2, 0.25) is 0 Å². The van der Waals surface area contributed by atoms with Crippen molar-refractivity contribution in [2.24, 2.45) is 0 Å². The molecule has 0 fully saturated rings. The van der Waals surface area contributed by atoms with Crippen LogP contribution < -0.4 is 15.1 Å². The Morgan fingerprint density at radius 1 is 1.17 bits per heavy atom. The molecule has 0 aliphatic carbocycles. The number of sulfonamides is 1. The number of carbonyl (C=O) groups is 1. The molecule has 0 atom stereocenters. The molecule has 2 aromatic carbocycles. The third-order valence-electron chi connectivity index (χ3n) is 4.48. The molecule has 1 heterocycles. The molecule has 1 amide bonds. The number of anilines is 1. The summed E-state index contributed by atoms with van der Waals surface area (Å²) < 4.78 is 28.1. The van der Waals surface area contributed by atoms with Crippen molar-refractivity contribution in [3.05, 3.63) is 68.9 Å². The van der Waals surface area contributed by atoms with Gasteiger partial charge in [-0.3, -0.25) is 13.9 Å². The zero-order chi connectivity index (χ0) is 21.2. The fourth-order valence-electron chi connectivity index (χ4n) is 2.81. The molecule has 0 spiro atoms. The van der Waals surface area contributed by atoms with Gasteiger partial charge in [0.1, 0.15) is 5.56 Å². The van der Waals surface area contributed by atoms with Gasteiger partial charge >= 0.3 is 0 Å². The second-order valence-corrected chi connectivity index (χ2v) is 9.33. The summed E-state index contributed by atoms with van der Waals surface area (Å²) in [4.78, 5) is 27.9. The molecule has 0 aliphatic heterocycles. The molecule has 29 heavy (non-hydrogen) atoms. The molecule has 0 aliphatic rings. The Morgan fingerprint density at radius 2 is 1.86 bits per heavy atom. The Bertz CT molecular complexity index is 1220. The summed E-state index contributed by atoms with van der Waals surface area (Å²) in [5.74, 6) is -0.491. The lowest BCUT2D eigenvalue weighted by Gasteiger charge is -2.19. The van der Waals surface area contributed by atoms with Gasteiger partial charge in [-0.1, -0.05) is 22.9 Å². The predicted molar refractivity (Wildman–Crippen MR) is 117 cm³/mol. The number of amides is 1. The first kappa shape index (κ1) is 21.1. The molecule has 1 aromatic heterocycles. The topological polar surface area (TPSA) is 99.3 Å². The van der Waals surface area contributed by atoms with Gasteiger partial charge in [0.15, 0.2) is 0 Å². The maximum absolute atomic E-state index is 13.1. The standard InChI is InChI=1S/C20H20BrN3O4S/c1-3-10-22-20(26)17-12-23-18-9-8-15(11-16(18)19(17)25)29(27,28)24(2)14-6-4-13(21)5-7-14/h4-9,11-12H,3,10H2,1-2H3,(H,22,26)(H,23,25). The largest absolute Gasteiger partial charge is 0.360 e. The molecule has 7 nitrogen and oxygen atoms in total. The molecule has 152 valence electrons. The van der Waals surface area contributed by atoms with Gasteiger partial charge < -0.3 is 10.3 Å². The Balaban J connectivity index is 2.05. The van der Waals surface area contributed by atoms with Crippen molar-refractivity contribution in [2.45, 2.75) is 18.2 Å². The SMILES string of the molecule is CCCNC(=O)c1c[nH]c2ccc(S(=O)(=O)N(C)c3ccc(Br)cc3)cc2c1=O. The first-order chi connectivity index (χ1) is 13.8. The number of hydrogen-bond acceptors (Lipinski definition) is 4. The van der Waals surface area contributed by atoms with Crippen LogP contribution in [0, 0.1) is 0 Å². The lowest BCUT2D eigenvalue weighted by atomic mass is 10.1. The number of nitrogens with one attached hydrogen (secondary N) is 2. The fraction of sp³-hybridized carbons (Fsp3) is 0.200. The maximum Gasteiger partial charge on any atom is 0.264 e. The number of rotatable bonds is 6.